The van der Waals surface area contributed by atoms with Crippen LogP contribution in [0.5, 0.6) is 0 Å². The number of carbonyl (C=O) groups excluding carboxylic acids is 1. The molecule has 0 radical (unpaired) electrons. The zero-order valence-corrected chi connectivity index (χ0v) is 12.8. The van der Waals surface area contributed by atoms with E-state index in [2.05, 4.69) is 28.9 Å². The van der Waals surface area contributed by atoms with E-state index < -0.39 is 0 Å². The van der Waals surface area contributed by atoms with E-state index in [1.165, 1.54) is 38.6 Å². The molecule has 0 N–H and O–H groups in total. The third-order valence-electron chi connectivity index (χ3n) is 5.43. The molecule has 3 rings (SSSR count). The second-order valence-corrected chi connectivity index (χ2v) is 6.60. The molecule has 2 fully saturated rings. The largest absolute Gasteiger partial charge is 0.338 e. The highest BCUT2D eigenvalue weighted by Crippen LogP contribution is 2.31. The van der Waals surface area contributed by atoms with Crippen LogP contribution >= 0.6 is 0 Å². The summed E-state index contributed by atoms with van der Waals surface area (Å²) < 4.78 is 0. The van der Waals surface area contributed by atoms with E-state index in [-0.39, 0.29) is 0 Å². The lowest BCUT2D eigenvalue weighted by atomic mass is 10.0. The Labute approximate surface area is 123 Å². The Morgan fingerprint density at radius 1 is 1.15 bits per heavy atom. The normalized spacial score (nSPS) is 34.2. The summed E-state index contributed by atoms with van der Waals surface area (Å²) in [6.07, 6.45) is 12.6. The molecule has 2 heterocycles. The van der Waals surface area contributed by atoms with Gasteiger partial charge in [0.2, 0.25) is 5.91 Å². The van der Waals surface area contributed by atoms with E-state index in [4.69, 9.17) is 0 Å². The van der Waals surface area contributed by atoms with Crippen molar-refractivity contribution in [3.8, 4) is 0 Å². The van der Waals surface area contributed by atoms with Crippen molar-refractivity contribution in [2.75, 3.05) is 19.6 Å². The summed E-state index contributed by atoms with van der Waals surface area (Å²) in [6, 6.07) is 1.13. The van der Waals surface area contributed by atoms with Crippen LogP contribution in [0.4, 0.5) is 0 Å². The van der Waals surface area contributed by atoms with Crippen molar-refractivity contribution in [1.82, 2.24) is 9.80 Å². The number of nitrogens with zero attached hydrogens (tertiary/aromatic N) is 2. The minimum Gasteiger partial charge on any atom is -0.338 e. The highest BCUT2D eigenvalue weighted by molar-refractivity contribution is 5.77. The highest BCUT2D eigenvalue weighted by Gasteiger charge is 2.39. The molecule has 0 bridgehead atoms. The number of likely N-dealkylation sites (tertiary alicyclic amines) is 2. The molecule has 3 aliphatic rings. The lowest BCUT2D eigenvalue weighted by molar-refractivity contribution is -0.133. The molecule has 20 heavy (non-hydrogen) atoms. The Kier molecular flexibility index (Phi) is 4.45. The molecule has 0 saturated carbocycles. The predicted molar refractivity (Wildman–Crippen MR) is 81.5 cm³/mol. The fourth-order valence-corrected chi connectivity index (χ4v) is 4.39. The van der Waals surface area contributed by atoms with Crippen molar-refractivity contribution in [3.63, 3.8) is 0 Å². The molecule has 2 saturated heterocycles. The van der Waals surface area contributed by atoms with Crippen LogP contribution in [0.15, 0.2) is 12.2 Å². The Balaban J connectivity index is 1.62. The highest BCUT2D eigenvalue weighted by atomic mass is 16.2. The molecule has 112 valence electrons. The first-order chi connectivity index (χ1) is 9.79. The first-order valence-electron chi connectivity index (χ1n) is 8.49. The second-order valence-electron chi connectivity index (χ2n) is 6.60. The second kappa shape index (κ2) is 6.30. The van der Waals surface area contributed by atoms with Crippen LogP contribution in [0, 0.1) is 5.92 Å². The molecule has 0 aromatic rings. The topological polar surface area (TPSA) is 23.6 Å². The van der Waals surface area contributed by atoms with Crippen molar-refractivity contribution in [2.24, 2.45) is 5.92 Å². The molecule has 2 aliphatic heterocycles. The lowest BCUT2D eigenvalue weighted by Crippen LogP contribution is -2.48. The average molecular weight is 276 g/mol. The first kappa shape index (κ1) is 14.1. The number of hydrogen-bond donors (Lipinski definition) is 0. The Morgan fingerprint density at radius 3 is 2.70 bits per heavy atom. The molecule has 3 heteroatoms. The van der Waals surface area contributed by atoms with E-state index in [1.807, 2.05) is 0 Å². The van der Waals surface area contributed by atoms with Gasteiger partial charge in [-0.25, -0.2) is 0 Å². The molecule has 0 spiro atoms. The van der Waals surface area contributed by atoms with Gasteiger partial charge in [0.25, 0.3) is 0 Å². The van der Waals surface area contributed by atoms with Crippen LogP contribution in [0.2, 0.25) is 0 Å². The van der Waals surface area contributed by atoms with Gasteiger partial charge in [-0.15, -0.1) is 0 Å². The lowest BCUT2D eigenvalue weighted by Gasteiger charge is -2.35. The Morgan fingerprint density at radius 2 is 1.95 bits per heavy atom. The third kappa shape index (κ3) is 2.78. The van der Waals surface area contributed by atoms with Crippen molar-refractivity contribution < 1.29 is 4.79 Å². The fourth-order valence-electron chi connectivity index (χ4n) is 4.39. The van der Waals surface area contributed by atoms with Crippen molar-refractivity contribution >= 4 is 5.91 Å². The van der Waals surface area contributed by atoms with Crippen LogP contribution in [0.3, 0.4) is 0 Å². The molecule has 0 unspecified atom stereocenters. The van der Waals surface area contributed by atoms with E-state index in [0.717, 1.165) is 25.9 Å². The summed E-state index contributed by atoms with van der Waals surface area (Å²) in [5, 5.41) is 0. The van der Waals surface area contributed by atoms with Crippen molar-refractivity contribution in [2.45, 2.75) is 64.0 Å². The van der Waals surface area contributed by atoms with Gasteiger partial charge in [0.15, 0.2) is 0 Å². The number of allylic oxidation sites excluding steroid dienone is 2. The summed E-state index contributed by atoms with van der Waals surface area (Å²) >= 11 is 0. The molecular formula is C17H28N2O. The first-order valence-corrected chi connectivity index (χ1v) is 8.49. The van der Waals surface area contributed by atoms with Gasteiger partial charge in [-0.3, -0.25) is 9.69 Å². The molecule has 1 amide bonds. The van der Waals surface area contributed by atoms with E-state index in [9.17, 15) is 4.79 Å². The van der Waals surface area contributed by atoms with Gasteiger partial charge in [-0.2, -0.15) is 0 Å². The van der Waals surface area contributed by atoms with E-state index >= 15 is 0 Å². The molecule has 0 aromatic carbocycles. The maximum atomic E-state index is 12.6. The fraction of sp³-hybridized carbons (Fsp3) is 0.824. The van der Waals surface area contributed by atoms with Gasteiger partial charge in [0.1, 0.15) is 0 Å². The number of hydrogen-bond acceptors (Lipinski definition) is 2. The number of carbonyl (C=O) groups is 1. The SMILES string of the molecule is CCN1CCC[C@@H]1[C@H]1CCCN1C(=O)C[C@@H]1C=CCC1. The van der Waals surface area contributed by atoms with Crippen LogP contribution in [-0.4, -0.2) is 47.4 Å². The standard InChI is InChI=1S/C17H28N2O/c1-2-18-11-5-9-15(18)16-10-6-12-19(16)17(20)13-14-7-3-4-8-14/h3,7,14-16H,2,4-6,8-13H2,1H3/t14-,15-,16-/m1/s1. The van der Waals surface area contributed by atoms with Crippen LogP contribution in [0.1, 0.15) is 51.9 Å². The smallest absolute Gasteiger partial charge is 0.223 e. The maximum Gasteiger partial charge on any atom is 0.223 e. The summed E-state index contributed by atoms with van der Waals surface area (Å²) in [5.74, 6) is 0.918. The van der Waals surface area contributed by atoms with Crippen LogP contribution in [-0.2, 0) is 4.79 Å². The predicted octanol–water partition coefficient (Wildman–Crippen LogP) is 2.82. The van der Waals surface area contributed by atoms with E-state index in [0.29, 0.717) is 23.9 Å². The molecular weight excluding hydrogens is 248 g/mol. The zero-order chi connectivity index (χ0) is 13.9. The average Bonchev–Trinajstić information content (AvgIpc) is 3.18. The van der Waals surface area contributed by atoms with E-state index in [1.54, 1.807) is 0 Å². The monoisotopic (exact) mass is 276 g/mol. The van der Waals surface area contributed by atoms with Crippen molar-refractivity contribution in [3.05, 3.63) is 12.2 Å². The minimum absolute atomic E-state index is 0.409. The van der Waals surface area contributed by atoms with Crippen molar-refractivity contribution in [1.29, 1.82) is 0 Å². The molecule has 3 atom stereocenters. The quantitative estimate of drug-likeness (QED) is 0.737. The van der Waals surface area contributed by atoms with Gasteiger partial charge in [-0.05, 0) is 57.5 Å². The summed E-state index contributed by atoms with van der Waals surface area (Å²) in [4.78, 5) is 17.5. The Bertz CT molecular complexity index is 379. The molecule has 1 aliphatic carbocycles. The zero-order valence-electron chi connectivity index (χ0n) is 12.8. The van der Waals surface area contributed by atoms with Gasteiger partial charge in [0.05, 0.1) is 0 Å². The number of rotatable bonds is 4. The number of likely N-dealkylation sites (N-methyl/N-ethyl adjacent to an activating group) is 1. The molecule has 0 aromatic heterocycles. The van der Waals surface area contributed by atoms with Gasteiger partial charge in [0, 0.05) is 25.0 Å². The van der Waals surface area contributed by atoms with Gasteiger partial charge < -0.3 is 4.90 Å². The summed E-state index contributed by atoms with van der Waals surface area (Å²) in [7, 11) is 0. The summed E-state index contributed by atoms with van der Waals surface area (Å²) in [5.41, 5.74) is 0. The molecule has 3 nitrogen and oxygen atoms in total. The van der Waals surface area contributed by atoms with Gasteiger partial charge >= 0.3 is 0 Å². The summed E-state index contributed by atoms with van der Waals surface area (Å²) in [6.45, 7) is 5.61. The third-order valence-corrected chi connectivity index (χ3v) is 5.43. The maximum absolute atomic E-state index is 12.6. The van der Waals surface area contributed by atoms with Crippen LogP contribution in [0.25, 0.3) is 0 Å². The van der Waals surface area contributed by atoms with Gasteiger partial charge in [-0.1, -0.05) is 19.1 Å². The number of amides is 1. The Hall–Kier alpha value is -0.830. The van der Waals surface area contributed by atoms with Crippen LogP contribution < -0.4 is 0 Å². The minimum atomic E-state index is 0.409.